The van der Waals surface area contributed by atoms with Crippen LogP contribution >= 0.6 is 11.3 Å². The molecule has 1 aromatic carbocycles. The van der Waals surface area contributed by atoms with E-state index in [-0.39, 0.29) is 11.8 Å². The van der Waals surface area contributed by atoms with Crippen molar-refractivity contribution in [1.29, 1.82) is 0 Å². The summed E-state index contributed by atoms with van der Waals surface area (Å²) in [5.41, 5.74) is 2.07. The number of carbonyl (C=O) groups is 2. The van der Waals surface area contributed by atoms with E-state index in [1.165, 1.54) is 10.4 Å². The molecule has 30 heavy (non-hydrogen) atoms. The van der Waals surface area contributed by atoms with E-state index >= 15 is 0 Å². The van der Waals surface area contributed by atoms with Crippen LogP contribution in [0.5, 0.6) is 0 Å². The molecule has 6 heteroatoms. The van der Waals surface area contributed by atoms with Gasteiger partial charge in [-0.05, 0) is 54.0 Å². The van der Waals surface area contributed by atoms with E-state index in [9.17, 15) is 9.59 Å². The third kappa shape index (κ3) is 4.14. The van der Waals surface area contributed by atoms with Gasteiger partial charge in [-0.15, -0.1) is 11.3 Å². The minimum atomic E-state index is -0.637. The Morgan fingerprint density at radius 1 is 1.13 bits per heavy atom. The SMILES string of the molecule is CNC(=O)[C@]1(Cc2ccc(-c3cccs3)cc2)CCCN(C(=O)c2ccccn2)C1. The van der Waals surface area contributed by atoms with Gasteiger partial charge in [0.1, 0.15) is 5.69 Å². The lowest BCUT2D eigenvalue weighted by molar-refractivity contribution is -0.133. The predicted octanol–water partition coefficient (Wildman–Crippen LogP) is 4.02. The molecular weight excluding hydrogens is 394 g/mol. The van der Waals surface area contributed by atoms with Crippen molar-refractivity contribution in [3.05, 3.63) is 77.4 Å². The molecule has 0 radical (unpaired) electrons. The summed E-state index contributed by atoms with van der Waals surface area (Å²) < 4.78 is 0. The number of hydrogen-bond donors (Lipinski definition) is 1. The molecule has 5 nitrogen and oxygen atoms in total. The van der Waals surface area contributed by atoms with E-state index in [1.54, 1.807) is 41.6 Å². The molecule has 1 aliphatic heterocycles. The van der Waals surface area contributed by atoms with Crippen LogP contribution in [0.1, 0.15) is 28.9 Å². The predicted molar refractivity (Wildman–Crippen MR) is 119 cm³/mol. The zero-order chi connectivity index (χ0) is 21.0. The highest BCUT2D eigenvalue weighted by atomic mass is 32.1. The van der Waals surface area contributed by atoms with Crippen molar-refractivity contribution in [2.45, 2.75) is 19.3 Å². The highest BCUT2D eigenvalue weighted by Crippen LogP contribution is 2.35. The second-order valence-corrected chi connectivity index (χ2v) is 8.70. The van der Waals surface area contributed by atoms with Crippen molar-refractivity contribution in [3.63, 3.8) is 0 Å². The molecule has 4 rings (SSSR count). The van der Waals surface area contributed by atoms with E-state index in [2.05, 4.69) is 46.0 Å². The van der Waals surface area contributed by atoms with Crippen LogP contribution in [0.25, 0.3) is 10.4 Å². The molecule has 0 unspecified atom stereocenters. The summed E-state index contributed by atoms with van der Waals surface area (Å²) in [6, 6.07) is 17.9. The van der Waals surface area contributed by atoms with E-state index < -0.39 is 5.41 Å². The van der Waals surface area contributed by atoms with Crippen LogP contribution < -0.4 is 5.32 Å². The van der Waals surface area contributed by atoms with Crippen molar-refractivity contribution in [1.82, 2.24) is 15.2 Å². The van der Waals surface area contributed by atoms with Gasteiger partial charge in [-0.1, -0.05) is 36.4 Å². The number of pyridine rings is 1. The number of thiophene rings is 1. The lowest BCUT2D eigenvalue weighted by atomic mass is 9.74. The lowest BCUT2D eigenvalue weighted by Gasteiger charge is -2.41. The first-order chi connectivity index (χ1) is 14.6. The molecule has 1 saturated heterocycles. The summed E-state index contributed by atoms with van der Waals surface area (Å²) in [7, 11) is 1.67. The number of nitrogens with zero attached hydrogens (tertiary/aromatic N) is 2. The van der Waals surface area contributed by atoms with Crippen LogP contribution in [0.4, 0.5) is 0 Å². The van der Waals surface area contributed by atoms with Crippen LogP contribution in [-0.2, 0) is 11.2 Å². The summed E-state index contributed by atoms with van der Waals surface area (Å²) in [5.74, 6) is -0.125. The monoisotopic (exact) mass is 419 g/mol. The second-order valence-electron chi connectivity index (χ2n) is 7.76. The van der Waals surface area contributed by atoms with Crippen LogP contribution in [0.3, 0.4) is 0 Å². The van der Waals surface area contributed by atoms with Crippen LogP contribution in [0, 0.1) is 5.41 Å². The average Bonchev–Trinajstić information content (AvgIpc) is 3.34. The number of benzene rings is 1. The molecule has 0 aliphatic carbocycles. The maximum absolute atomic E-state index is 13.0. The van der Waals surface area contributed by atoms with Crippen molar-refractivity contribution < 1.29 is 9.59 Å². The van der Waals surface area contributed by atoms with Gasteiger partial charge < -0.3 is 10.2 Å². The largest absolute Gasteiger partial charge is 0.359 e. The van der Waals surface area contributed by atoms with Gasteiger partial charge in [-0.25, -0.2) is 0 Å². The van der Waals surface area contributed by atoms with Crippen molar-refractivity contribution >= 4 is 23.2 Å². The number of amides is 2. The fourth-order valence-electron chi connectivity index (χ4n) is 4.25. The van der Waals surface area contributed by atoms with Gasteiger partial charge in [-0.2, -0.15) is 0 Å². The van der Waals surface area contributed by atoms with E-state index in [1.807, 2.05) is 12.1 Å². The minimum Gasteiger partial charge on any atom is -0.359 e. The Balaban J connectivity index is 1.56. The molecule has 1 fully saturated rings. The number of nitrogens with one attached hydrogen (secondary N) is 1. The Morgan fingerprint density at radius 3 is 2.63 bits per heavy atom. The van der Waals surface area contributed by atoms with Gasteiger partial charge in [0.15, 0.2) is 0 Å². The maximum atomic E-state index is 13.0. The Kier molecular flexibility index (Phi) is 5.95. The minimum absolute atomic E-state index is 0.0108. The van der Waals surface area contributed by atoms with Gasteiger partial charge >= 0.3 is 0 Å². The van der Waals surface area contributed by atoms with Crippen molar-refractivity contribution in [2.24, 2.45) is 5.41 Å². The highest BCUT2D eigenvalue weighted by molar-refractivity contribution is 7.13. The van der Waals surface area contributed by atoms with Gasteiger partial charge in [0.05, 0.1) is 5.41 Å². The lowest BCUT2D eigenvalue weighted by Crippen LogP contribution is -2.54. The fourth-order valence-corrected chi connectivity index (χ4v) is 4.98. The third-order valence-corrected chi connectivity index (χ3v) is 6.68. The average molecular weight is 420 g/mol. The first kappa shape index (κ1) is 20.3. The summed E-state index contributed by atoms with van der Waals surface area (Å²) in [4.78, 5) is 33.2. The van der Waals surface area contributed by atoms with E-state index in [0.717, 1.165) is 18.4 Å². The summed E-state index contributed by atoms with van der Waals surface area (Å²) >= 11 is 1.71. The molecule has 1 atom stereocenters. The first-order valence-corrected chi connectivity index (χ1v) is 11.0. The molecular formula is C24H25N3O2S. The smallest absolute Gasteiger partial charge is 0.272 e. The molecule has 2 aromatic heterocycles. The van der Waals surface area contributed by atoms with Gasteiger partial charge in [-0.3, -0.25) is 14.6 Å². The number of carbonyl (C=O) groups excluding carboxylic acids is 2. The Labute approximate surface area is 180 Å². The van der Waals surface area contributed by atoms with E-state index in [4.69, 9.17) is 0 Å². The topological polar surface area (TPSA) is 62.3 Å². The first-order valence-electron chi connectivity index (χ1n) is 10.2. The van der Waals surface area contributed by atoms with Gasteiger partial charge in [0, 0.05) is 31.2 Å². The number of rotatable bonds is 5. The Morgan fingerprint density at radius 2 is 1.97 bits per heavy atom. The summed E-state index contributed by atoms with van der Waals surface area (Å²) in [5, 5.41) is 4.91. The van der Waals surface area contributed by atoms with Crippen molar-refractivity contribution in [2.75, 3.05) is 20.1 Å². The summed E-state index contributed by atoms with van der Waals surface area (Å²) in [6.45, 7) is 1.04. The van der Waals surface area contributed by atoms with Gasteiger partial charge in [0.25, 0.3) is 5.91 Å². The van der Waals surface area contributed by atoms with Gasteiger partial charge in [0.2, 0.25) is 5.91 Å². The summed E-state index contributed by atoms with van der Waals surface area (Å²) in [6.07, 6.45) is 3.77. The van der Waals surface area contributed by atoms with Crippen molar-refractivity contribution in [3.8, 4) is 10.4 Å². The molecule has 3 aromatic rings. The standard InChI is InChI=1S/C24H25N3O2S/c1-25-23(29)24(16-18-8-10-19(11-9-18)21-7-4-15-30-21)12-5-14-27(17-24)22(28)20-6-2-3-13-26-20/h2-4,6-11,13,15H,5,12,14,16-17H2,1H3,(H,25,29)/t24-/m0/s1. The molecule has 3 heterocycles. The molecule has 1 aliphatic rings. The Hall–Kier alpha value is -2.99. The molecule has 0 spiro atoms. The molecule has 1 N–H and O–H groups in total. The van der Waals surface area contributed by atoms with Crippen LogP contribution in [-0.4, -0.2) is 41.8 Å². The van der Waals surface area contributed by atoms with Crippen LogP contribution in [0.2, 0.25) is 0 Å². The quantitative estimate of drug-likeness (QED) is 0.679. The fraction of sp³-hybridized carbons (Fsp3) is 0.292. The zero-order valence-electron chi connectivity index (χ0n) is 17.0. The third-order valence-electron chi connectivity index (χ3n) is 5.76. The normalized spacial score (nSPS) is 18.8. The highest BCUT2D eigenvalue weighted by Gasteiger charge is 2.43. The number of likely N-dealkylation sites (tertiary alicyclic amines) is 1. The molecule has 2 amide bonds. The number of piperidine rings is 1. The maximum Gasteiger partial charge on any atom is 0.272 e. The zero-order valence-corrected chi connectivity index (χ0v) is 17.8. The second kappa shape index (κ2) is 8.79. The molecule has 0 saturated carbocycles. The van der Waals surface area contributed by atoms with E-state index in [0.29, 0.717) is 25.2 Å². The van der Waals surface area contributed by atoms with Crippen LogP contribution in [0.15, 0.2) is 66.2 Å². The molecule has 0 bridgehead atoms. The Bertz CT molecular complexity index is 1000. The number of aromatic nitrogens is 1. The molecule has 154 valence electrons. The number of hydrogen-bond acceptors (Lipinski definition) is 4.